The van der Waals surface area contributed by atoms with Crippen molar-refractivity contribution in [3.05, 3.63) is 35.2 Å². The molecular formula is C12H12N2S. The van der Waals surface area contributed by atoms with Crippen LogP contribution >= 0.6 is 11.3 Å². The third-order valence-electron chi connectivity index (χ3n) is 2.93. The molecule has 3 rings (SSSR count). The van der Waals surface area contributed by atoms with E-state index in [0.717, 1.165) is 6.42 Å². The van der Waals surface area contributed by atoms with Crippen molar-refractivity contribution in [1.29, 1.82) is 0 Å². The molecule has 76 valence electrons. The standard InChI is InChI=1S/C12H12N2S/c1-2-4-11-9(3-1)10(5-6-14-11)12-7-13-8-15-12/h5-8H,1-4H2. The lowest BCUT2D eigenvalue weighted by atomic mass is 9.92. The first kappa shape index (κ1) is 9.04. The van der Waals surface area contributed by atoms with Crippen molar-refractivity contribution >= 4 is 11.3 Å². The topological polar surface area (TPSA) is 25.8 Å². The average Bonchev–Trinajstić information content (AvgIpc) is 2.82. The molecule has 0 fully saturated rings. The summed E-state index contributed by atoms with van der Waals surface area (Å²) in [6.07, 6.45) is 8.78. The van der Waals surface area contributed by atoms with Crippen molar-refractivity contribution in [2.75, 3.05) is 0 Å². The zero-order chi connectivity index (χ0) is 10.1. The van der Waals surface area contributed by atoms with Crippen molar-refractivity contribution in [1.82, 2.24) is 9.97 Å². The van der Waals surface area contributed by atoms with Crippen molar-refractivity contribution in [2.24, 2.45) is 0 Å². The highest BCUT2D eigenvalue weighted by atomic mass is 32.1. The Balaban J connectivity index is 2.15. The maximum Gasteiger partial charge on any atom is 0.0797 e. The summed E-state index contributed by atoms with van der Waals surface area (Å²) >= 11 is 1.71. The summed E-state index contributed by atoms with van der Waals surface area (Å²) in [7, 11) is 0. The van der Waals surface area contributed by atoms with Gasteiger partial charge in [0.1, 0.15) is 0 Å². The van der Waals surface area contributed by atoms with Gasteiger partial charge >= 0.3 is 0 Å². The van der Waals surface area contributed by atoms with Gasteiger partial charge in [0.25, 0.3) is 0 Å². The van der Waals surface area contributed by atoms with Crippen LogP contribution in [0.2, 0.25) is 0 Å². The van der Waals surface area contributed by atoms with E-state index in [1.54, 1.807) is 11.3 Å². The molecule has 2 heterocycles. The minimum atomic E-state index is 1.14. The SMILES string of the molecule is c1cc(-c2cncs2)c2c(n1)CCCC2. The molecule has 0 atom stereocenters. The van der Waals surface area contributed by atoms with Crippen molar-refractivity contribution in [3.63, 3.8) is 0 Å². The lowest BCUT2D eigenvalue weighted by Crippen LogP contribution is -2.06. The number of rotatable bonds is 1. The molecule has 2 aromatic heterocycles. The van der Waals surface area contributed by atoms with Gasteiger partial charge in [0, 0.05) is 18.1 Å². The second-order valence-electron chi connectivity index (χ2n) is 3.86. The Morgan fingerprint density at radius 3 is 3.00 bits per heavy atom. The Labute approximate surface area is 93.0 Å². The third kappa shape index (κ3) is 1.57. The largest absolute Gasteiger partial charge is 0.261 e. The highest BCUT2D eigenvalue weighted by molar-refractivity contribution is 7.13. The number of fused-ring (bicyclic) bond motifs is 1. The minimum absolute atomic E-state index is 1.14. The van der Waals surface area contributed by atoms with E-state index < -0.39 is 0 Å². The Hall–Kier alpha value is -1.22. The second kappa shape index (κ2) is 3.74. The van der Waals surface area contributed by atoms with E-state index in [0.29, 0.717) is 0 Å². The fraction of sp³-hybridized carbons (Fsp3) is 0.333. The van der Waals surface area contributed by atoms with Gasteiger partial charge in [-0.3, -0.25) is 9.97 Å². The molecule has 0 radical (unpaired) electrons. The highest BCUT2D eigenvalue weighted by Gasteiger charge is 2.15. The summed E-state index contributed by atoms with van der Waals surface area (Å²) in [6.45, 7) is 0. The summed E-state index contributed by atoms with van der Waals surface area (Å²) in [5.41, 5.74) is 5.99. The summed E-state index contributed by atoms with van der Waals surface area (Å²) in [5.74, 6) is 0. The predicted molar refractivity (Wildman–Crippen MR) is 62.0 cm³/mol. The summed E-state index contributed by atoms with van der Waals surface area (Å²) in [4.78, 5) is 9.89. The number of nitrogens with zero attached hydrogens (tertiary/aromatic N) is 2. The molecule has 0 spiro atoms. The van der Waals surface area contributed by atoms with Gasteiger partial charge < -0.3 is 0 Å². The number of hydrogen-bond donors (Lipinski definition) is 0. The van der Waals surface area contributed by atoms with E-state index in [1.165, 1.54) is 41.0 Å². The first-order chi connectivity index (χ1) is 7.45. The molecule has 0 aromatic carbocycles. The van der Waals surface area contributed by atoms with Crippen LogP contribution in [0.3, 0.4) is 0 Å². The lowest BCUT2D eigenvalue weighted by Gasteiger charge is -2.17. The Kier molecular flexibility index (Phi) is 2.25. The highest BCUT2D eigenvalue weighted by Crippen LogP contribution is 2.31. The summed E-state index contributed by atoms with van der Waals surface area (Å²) in [6, 6.07) is 2.12. The maximum atomic E-state index is 4.47. The molecule has 0 saturated carbocycles. The molecule has 0 unspecified atom stereocenters. The molecule has 0 aliphatic heterocycles. The van der Waals surface area contributed by atoms with Gasteiger partial charge in [-0.1, -0.05) is 0 Å². The van der Waals surface area contributed by atoms with Crippen LogP contribution in [0.4, 0.5) is 0 Å². The Morgan fingerprint density at radius 1 is 1.20 bits per heavy atom. The predicted octanol–water partition coefficient (Wildman–Crippen LogP) is 3.08. The zero-order valence-electron chi connectivity index (χ0n) is 8.44. The van der Waals surface area contributed by atoms with Crippen LogP contribution in [0.15, 0.2) is 24.0 Å². The fourth-order valence-corrected chi connectivity index (χ4v) is 2.88. The fourth-order valence-electron chi connectivity index (χ4n) is 2.20. The van der Waals surface area contributed by atoms with Gasteiger partial charge in [0.05, 0.1) is 10.4 Å². The normalized spacial score (nSPS) is 14.9. The number of pyridine rings is 1. The first-order valence-corrected chi connectivity index (χ1v) is 6.19. The maximum absolute atomic E-state index is 4.47. The average molecular weight is 216 g/mol. The zero-order valence-corrected chi connectivity index (χ0v) is 9.26. The molecule has 0 saturated heterocycles. The van der Waals surface area contributed by atoms with Crippen molar-refractivity contribution < 1.29 is 0 Å². The quantitative estimate of drug-likeness (QED) is 0.732. The minimum Gasteiger partial charge on any atom is -0.261 e. The van der Waals surface area contributed by atoms with Gasteiger partial charge in [-0.15, -0.1) is 11.3 Å². The van der Waals surface area contributed by atoms with Gasteiger partial charge in [-0.05, 0) is 42.9 Å². The lowest BCUT2D eigenvalue weighted by molar-refractivity contribution is 0.669. The molecule has 1 aliphatic carbocycles. The molecule has 1 aliphatic rings. The molecular weight excluding hydrogens is 204 g/mol. The summed E-state index contributed by atoms with van der Waals surface area (Å²) in [5, 5.41) is 0. The van der Waals surface area contributed by atoms with E-state index in [-0.39, 0.29) is 0 Å². The number of thiazole rings is 1. The third-order valence-corrected chi connectivity index (χ3v) is 3.74. The van der Waals surface area contributed by atoms with Crippen LogP contribution in [0.5, 0.6) is 0 Å². The summed E-state index contributed by atoms with van der Waals surface area (Å²) < 4.78 is 0. The molecule has 3 heteroatoms. The van der Waals surface area contributed by atoms with Gasteiger partial charge in [-0.2, -0.15) is 0 Å². The smallest absolute Gasteiger partial charge is 0.0797 e. The van der Waals surface area contributed by atoms with E-state index in [2.05, 4.69) is 16.0 Å². The Bertz CT molecular complexity index is 462. The Morgan fingerprint density at radius 2 is 2.13 bits per heavy atom. The molecule has 0 amide bonds. The van der Waals surface area contributed by atoms with E-state index in [4.69, 9.17) is 0 Å². The number of hydrogen-bond acceptors (Lipinski definition) is 3. The van der Waals surface area contributed by atoms with Crippen LogP contribution in [-0.2, 0) is 12.8 Å². The number of aryl methyl sites for hydroxylation is 1. The second-order valence-corrected chi connectivity index (χ2v) is 4.74. The van der Waals surface area contributed by atoms with Crippen LogP contribution in [0.1, 0.15) is 24.1 Å². The number of aromatic nitrogens is 2. The first-order valence-electron chi connectivity index (χ1n) is 5.31. The molecule has 2 nitrogen and oxygen atoms in total. The van der Waals surface area contributed by atoms with Crippen LogP contribution < -0.4 is 0 Å². The van der Waals surface area contributed by atoms with E-state index >= 15 is 0 Å². The van der Waals surface area contributed by atoms with E-state index in [9.17, 15) is 0 Å². The van der Waals surface area contributed by atoms with Crippen LogP contribution in [-0.4, -0.2) is 9.97 Å². The monoisotopic (exact) mass is 216 g/mol. The van der Waals surface area contributed by atoms with Gasteiger partial charge in [0.15, 0.2) is 0 Å². The van der Waals surface area contributed by atoms with Gasteiger partial charge in [-0.25, -0.2) is 0 Å². The van der Waals surface area contributed by atoms with Crippen molar-refractivity contribution in [3.8, 4) is 10.4 Å². The molecule has 2 aromatic rings. The molecule has 15 heavy (non-hydrogen) atoms. The molecule has 0 N–H and O–H groups in total. The van der Waals surface area contributed by atoms with Gasteiger partial charge in [0.2, 0.25) is 0 Å². The van der Waals surface area contributed by atoms with Crippen LogP contribution in [0.25, 0.3) is 10.4 Å². The van der Waals surface area contributed by atoms with Crippen molar-refractivity contribution in [2.45, 2.75) is 25.7 Å². The molecule has 0 bridgehead atoms. The van der Waals surface area contributed by atoms with Crippen LogP contribution in [0, 0.1) is 0 Å². The van der Waals surface area contributed by atoms with E-state index in [1.807, 2.05) is 17.9 Å².